The number of morpholine rings is 1. The molecule has 1 atom stereocenters. The zero-order valence-electron chi connectivity index (χ0n) is 18.2. The molecule has 2 aliphatic heterocycles. The van der Waals surface area contributed by atoms with Gasteiger partial charge in [0.15, 0.2) is 11.5 Å². The number of nitrogens with one attached hydrogen (secondary N) is 2. The minimum Gasteiger partial charge on any atom is -0.490 e. The van der Waals surface area contributed by atoms with Gasteiger partial charge in [0, 0.05) is 31.3 Å². The second-order valence-corrected chi connectivity index (χ2v) is 7.90. The van der Waals surface area contributed by atoms with Crippen molar-refractivity contribution in [2.75, 3.05) is 55.1 Å². The smallest absolute Gasteiger partial charge is 0.416 e. The largest absolute Gasteiger partial charge is 0.490 e. The van der Waals surface area contributed by atoms with Crippen LogP contribution in [0, 0.1) is 0 Å². The molecule has 0 bridgehead atoms. The number of benzene rings is 2. The van der Waals surface area contributed by atoms with Crippen molar-refractivity contribution in [3.63, 3.8) is 0 Å². The van der Waals surface area contributed by atoms with Gasteiger partial charge in [-0.3, -0.25) is 4.79 Å². The van der Waals surface area contributed by atoms with Crippen molar-refractivity contribution in [1.29, 1.82) is 0 Å². The van der Waals surface area contributed by atoms with Crippen LogP contribution in [0.4, 0.5) is 30.2 Å². The summed E-state index contributed by atoms with van der Waals surface area (Å²) in [7, 11) is 0. The highest BCUT2D eigenvalue weighted by atomic mass is 19.4. The van der Waals surface area contributed by atoms with Gasteiger partial charge < -0.3 is 29.7 Å². The first-order chi connectivity index (χ1) is 15.8. The van der Waals surface area contributed by atoms with E-state index in [2.05, 4.69) is 10.6 Å². The minimum absolute atomic E-state index is 0.115. The molecule has 0 unspecified atom stereocenters. The van der Waals surface area contributed by atoms with Crippen molar-refractivity contribution in [1.82, 2.24) is 0 Å². The molecule has 4 rings (SSSR count). The molecule has 0 saturated carbocycles. The van der Waals surface area contributed by atoms with E-state index in [1.54, 1.807) is 25.1 Å². The van der Waals surface area contributed by atoms with Crippen LogP contribution in [0.3, 0.4) is 0 Å². The maximum atomic E-state index is 13.3. The standard InChI is InChI=1S/C23H26F3N3O4/c1-15(27-17-4-6-20-21(14-17)33-10-2-9-32-20)22(30)28-18-13-16(23(24,25)26)3-5-19(18)29-7-11-31-12-8-29/h3-6,13-15,27H,2,7-12H2,1H3,(H,28,30)/t15-/m0/s1. The average Bonchev–Trinajstić information content (AvgIpc) is 3.04. The van der Waals surface area contributed by atoms with Gasteiger partial charge in [-0.05, 0) is 37.3 Å². The van der Waals surface area contributed by atoms with Crippen molar-refractivity contribution < 1.29 is 32.2 Å². The number of nitrogens with zero attached hydrogens (tertiary/aromatic N) is 1. The Hall–Kier alpha value is -3.14. The van der Waals surface area contributed by atoms with Crippen LogP contribution in [0.25, 0.3) is 0 Å². The molecule has 2 aromatic rings. The molecule has 0 spiro atoms. The van der Waals surface area contributed by atoms with Crippen LogP contribution in [0.1, 0.15) is 18.9 Å². The second-order valence-electron chi connectivity index (χ2n) is 7.90. The Kier molecular flexibility index (Phi) is 6.83. The predicted molar refractivity (Wildman–Crippen MR) is 118 cm³/mol. The highest BCUT2D eigenvalue weighted by Crippen LogP contribution is 2.36. The molecule has 7 nitrogen and oxygen atoms in total. The van der Waals surface area contributed by atoms with Crippen LogP contribution in [0.15, 0.2) is 36.4 Å². The summed E-state index contributed by atoms with van der Waals surface area (Å²) >= 11 is 0. The van der Waals surface area contributed by atoms with E-state index < -0.39 is 23.7 Å². The Morgan fingerprint density at radius 2 is 1.73 bits per heavy atom. The summed E-state index contributed by atoms with van der Waals surface area (Å²) in [4.78, 5) is 14.8. The van der Waals surface area contributed by atoms with Gasteiger partial charge in [0.25, 0.3) is 0 Å². The van der Waals surface area contributed by atoms with Gasteiger partial charge in [0.05, 0.1) is 43.4 Å². The van der Waals surface area contributed by atoms with E-state index in [-0.39, 0.29) is 5.69 Å². The highest BCUT2D eigenvalue weighted by Gasteiger charge is 2.32. The van der Waals surface area contributed by atoms with Crippen molar-refractivity contribution in [3.05, 3.63) is 42.0 Å². The van der Waals surface area contributed by atoms with Crippen molar-refractivity contribution in [2.45, 2.75) is 25.6 Å². The van der Waals surface area contributed by atoms with Crippen LogP contribution in [-0.2, 0) is 15.7 Å². The fraction of sp³-hybridized carbons (Fsp3) is 0.435. The lowest BCUT2D eigenvalue weighted by molar-refractivity contribution is -0.137. The number of carbonyl (C=O) groups is 1. The van der Waals surface area contributed by atoms with E-state index in [9.17, 15) is 18.0 Å². The molecule has 0 aliphatic carbocycles. The summed E-state index contributed by atoms with van der Waals surface area (Å²) in [6.07, 6.45) is -3.74. The summed E-state index contributed by atoms with van der Waals surface area (Å²) in [6.45, 7) is 4.74. The number of anilines is 3. The summed E-state index contributed by atoms with van der Waals surface area (Å²) in [5, 5.41) is 5.75. The Labute approximate surface area is 189 Å². The van der Waals surface area contributed by atoms with Gasteiger partial charge in [-0.25, -0.2) is 0 Å². The molecule has 178 valence electrons. The lowest BCUT2D eigenvalue weighted by atomic mass is 10.1. The van der Waals surface area contributed by atoms with E-state index in [1.807, 2.05) is 4.90 Å². The van der Waals surface area contributed by atoms with Gasteiger partial charge in [-0.2, -0.15) is 13.2 Å². The fourth-order valence-electron chi connectivity index (χ4n) is 3.70. The first kappa shape index (κ1) is 23.0. The third kappa shape index (κ3) is 5.62. The topological polar surface area (TPSA) is 72.1 Å². The molecule has 2 aliphatic rings. The lowest BCUT2D eigenvalue weighted by Crippen LogP contribution is -2.37. The van der Waals surface area contributed by atoms with Crippen molar-refractivity contribution in [2.24, 2.45) is 0 Å². The van der Waals surface area contributed by atoms with Gasteiger partial charge in [-0.1, -0.05) is 0 Å². The normalized spacial score (nSPS) is 17.2. The van der Waals surface area contributed by atoms with E-state index >= 15 is 0 Å². The molecule has 1 fully saturated rings. The van der Waals surface area contributed by atoms with E-state index in [4.69, 9.17) is 14.2 Å². The number of ether oxygens (including phenoxy) is 3. The Bertz CT molecular complexity index is 993. The molecular formula is C23H26F3N3O4. The third-order valence-corrected chi connectivity index (χ3v) is 5.46. The second kappa shape index (κ2) is 9.78. The van der Waals surface area contributed by atoms with Crippen LogP contribution in [0.2, 0.25) is 0 Å². The number of alkyl halides is 3. The Balaban J connectivity index is 1.51. The van der Waals surface area contributed by atoms with E-state index in [0.717, 1.165) is 18.6 Å². The molecule has 2 N–H and O–H groups in total. The first-order valence-corrected chi connectivity index (χ1v) is 10.8. The number of halogens is 3. The first-order valence-electron chi connectivity index (χ1n) is 10.8. The maximum absolute atomic E-state index is 13.3. The lowest BCUT2D eigenvalue weighted by Gasteiger charge is -2.31. The molecule has 2 aromatic carbocycles. The van der Waals surface area contributed by atoms with Crippen LogP contribution in [-0.4, -0.2) is 51.5 Å². The monoisotopic (exact) mass is 465 g/mol. The van der Waals surface area contributed by atoms with Gasteiger partial charge in [0.1, 0.15) is 6.04 Å². The molecule has 2 heterocycles. The fourth-order valence-corrected chi connectivity index (χ4v) is 3.70. The Morgan fingerprint density at radius 1 is 1.00 bits per heavy atom. The number of carbonyl (C=O) groups excluding carboxylic acids is 1. The van der Waals surface area contributed by atoms with Crippen LogP contribution >= 0.6 is 0 Å². The van der Waals surface area contributed by atoms with Gasteiger partial charge in [-0.15, -0.1) is 0 Å². The summed E-state index contributed by atoms with van der Waals surface area (Å²) in [5.41, 5.74) is 0.462. The predicted octanol–water partition coefficient (Wildman–Crippen LogP) is 4.14. The maximum Gasteiger partial charge on any atom is 0.416 e. The van der Waals surface area contributed by atoms with Gasteiger partial charge >= 0.3 is 6.18 Å². The summed E-state index contributed by atoms with van der Waals surface area (Å²) in [5.74, 6) is 0.753. The van der Waals surface area contributed by atoms with Crippen molar-refractivity contribution in [3.8, 4) is 11.5 Å². The van der Waals surface area contributed by atoms with E-state index in [1.165, 1.54) is 6.07 Å². The number of fused-ring (bicyclic) bond motifs is 1. The number of hydrogen-bond acceptors (Lipinski definition) is 6. The number of hydrogen-bond donors (Lipinski definition) is 2. The average molecular weight is 465 g/mol. The summed E-state index contributed by atoms with van der Waals surface area (Å²) < 4.78 is 56.5. The summed E-state index contributed by atoms with van der Waals surface area (Å²) in [6, 6.07) is 7.95. The van der Waals surface area contributed by atoms with Crippen molar-refractivity contribution >= 4 is 23.0 Å². The minimum atomic E-state index is -4.52. The van der Waals surface area contributed by atoms with E-state index in [0.29, 0.717) is 62.4 Å². The molecule has 1 saturated heterocycles. The molecule has 10 heteroatoms. The van der Waals surface area contributed by atoms with Crippen LogP contribution in [0.5, 0.6) is 11.5 Å². The Morgan fingerprint density at radius 3 is 2.45 bits per heavy atom. The molecular weight excluding hydrogens is 439 g/mol. The molecule has 33 heavy (non-hydrogen) atoms. The SMILES string of the molecule is C[C@H](Nc1ccc2c(c1)OCCCO2)C(=O)Nc1cc(C(F)(F)F)ccc1N1CCOCC1. The van der Waals surface area contributed by atoms with Crippen LogP contribution < -0.4 is 25.0 Å². The third-order valence-electron chi connectivity index (χ3n) is 5.46. The quantitative estimate of drug-likeness (QED) is 0.692. The number of amides is 1. The zero-order valence-corrected chi connectivity index (χ0v) is 18.2. The molecule has 1 amide bonds. The number of rotatable bonds is 5. The molecule has 0 radical (unpaired) electrons. The van der Waals surface area contributed by atoms with Gasteiger partial charge in [0.2, 0.25) is 5.91 Å². The molecule has 0 aromatic heterocycles. The highest BCUT2D eigenvalue weighted by molar-refractivity contribution is 5.99. The zero-order chi connectivity index (χ0) is 23.4.